The second kappa shape index (κ2) is 8.31. The zero-order valence-corrected chi connectivity index (χ0v) is 17.0. The van der Waals surface area contributed by atoms with Gasteiger partial charge in [0.05, 0.1) is 9.92 Å². The summed E-state index contributed by atoms with van der Waals surface area (Å²) in [6, 6.07) is 5.50. The SMILES string of the molecule is Cc1cc(CN2CCC(CNS(=O)(=O)c3ccc(F)c(Cl)c3)CC2)c(C)o1. The molecular formula is C19H24ClFN2O3S. The number of furan rings is 1. The topological polar surface area (TPSA) is 62.6 Å². The summed E-state index contributed by atoms with van der Waals surface area (Å²) in [7, 11) is -3.69. The molecule has 0 spiro atoms. The van der Waals surface area contributed by atoms with Crippen molar-refractivity contribution in [3.05, 3.63) is 52.2 Å². The normalized spacial score (nSPS) is 16.7. The van der Waals surface area contributed by atoms with Gasteiger partial charge in [0.2, 0.25) is 10.0 Å². The van der Waals surface area contributed by atoms with E-state index in [2.05, 4.69) is 15.7 Å². The number of benzene rings is 1. The van der Waals surface area contributed by atoms with Crippen molar-refractivity contribution in [2.24, 2.45) is 5.92 Å². The average Bonchev–Trinajstić information content (AvgIpc) is 2.94. The molecule has 5 nitrogen and oxygen atoms in total. The highest BCUT2D eigenvalue weighted by atomic mass is 35.5. The summed E-state index contributed by atoms with van der Waals surface area (Å²) in [5.41, 5.74) is 1.21. The Balaban J connectivity index is 1.50. The molecule has 1 aromatic heterocycles. The lowest BCUT2D eigenvalue weighted by Gasteiger charge is -2.31. The molecule has 3 rings (SSSR count). The number of sulfonamides is 1. The minimum atomic E-state index is -3.69. The van der Waals surface area contributed by atoms with Crippen LogP contribution in [0.15, 0.2) is 33.6 Å². The van der Waals surface area contributed by atoms with Crippen molar-refractivity contribution in [1.29, 1.82) is 0 Å². The van der Waals surface area contributed by atoms with Crippen LogP contribution >= 0.6 is 11.6 Å². The zero-order valence-electron chi connectivity index (χ0n) is 15.5. The predicted octanol–water partition coefficient (Wildman–Crippen LogP) is 3.88. The lowest BCUT2D eigenvalue weighted by Crippen LogP contribution is -2.38. The monoisotopic (exact) mass is 414 g/mol. The summed E-state index contributed by atoms with van der Waals surface area (Å²) in [5, 5.41) is -0.198. The van der Waals surface area contributed by atoms with Crippen LogP contribution in [0.5, 0.6) is 0 Å². The van der Waals surface area contributed by atoms with Gasteiger partial charge in [0, 0.05) is 18.7 Å². The number of piperidine rings is 1. The number of aryl methyl sites for hydroxylation is 2. The van der Waals surface area contributed by atoms with E-state index in [-0.39, 0.29) is 15.8 Å². The van der Waals surface area contributed by atoms with Crippen molar-refractivity contribution in [2.45, 2.75) is 38.1 Å². The van der Waals surface area contributed by atoms with Gasteiger partial charge in [-0.15, -0.1) is 0 Å². The summed E-state index contributed by atoms with van der Waals surface area (Å²) < 4.78 is 46.2. The van der Waals surface area contributed by atoms with Gasteiger partial charge in [-0.3, -0.25) is 4.90 Å². The molecule has 1 saturated heterocycles. The highest BCUT2D eigenvalue weighted by molar-refractivity contribution is 7.89. The molecule has 0 saturated carbocycles. The molecule has 1 aliphatic rings. The fourth-order valence-electron chi connectivity index (χ4n) is 3.38. The minimum absolute atomic E-state index is 0.0165. The molecule has 148 valence electrons. The van der Waals surface area contributed by atoms with Gasteiger partial charge in [0.25, 0.3) is 0 Å². The third-order valence-electron chi connectivity index (χ3n) is 5.01. The van der Waals surface area contributed by atoms with Gasteiger partial charge in [0.15, 0.2) is 0 Å². The first-order valence-electron chi connectivity index (χ1n) is 8.97. The maximum Gasteiger partial charge on any atom is 0.240 e. The van der Waals surface area contributed by atoms with E-state index in [0.29, 0.717) is 6.54 Å². The number of nitrogens with one attached hydrogen (secondary N) is 1. The van der Waals surface area contributed by atoms with Gasteiger partial charge < -0.3 is 4.42 Å². The molecule has 0 atom stereocenters. The van der Waals surface area contributed by atoms with E-state index in [9.17, 15) is 12.8 Å². The first kappa shape index (κ1) is 20.3. The molecule has 0 bridgehead atoms. The lowest BCUT2D eigenvalue weighted by molar-refractivity contribution is 0.178. The van der Waals surface area contributed by atoms with E-state index in [1.807, 2.05) is 13.8 Å². The molecule has 0 unspecified atom stereocenters. The highest BCUT2D eigenvalue weighted by Crippen LogP contribution is 2.23. The number of likely N-dealkylation sites (tertiary alicyclic amines) is 1. The summed E-state index contributed by atoms with van der Waals surface area (Å²) in [4.78, 5) is 2.35. The van der Waals surface area contributed by atoms with Crippen molar-refractivity contribution >= 4 is 21.6 Å². The van der Waals surface area contributed by atoms with E-state index in [1.54, 1.807) is 0 Å². The van der Waals surface area contributed by atoms with Crippen LogP contribution in [0.25, 0.3) is 0 Å². The quantitative estimate of drug-likeness (QED) is 0.779. The van der Waals surface area contributed by atoms with Gasteiger partial charge in [-0.2, -0.15) is 0 Å². The van der Waals surface area contributed by atoms with Crippen molar-refractivity contribution in [1.82, 2.24) is 9.62 Å². The third-order valence-corrected chi connectivity index (χ3v) is 6.72. The summed E-state index contributed by atoms with van der Waals surface area (Å²) >= 11 is 5.68. The summed E-state index contributed by atoms with van der Waals surface area (Å²) in [6.07, 6.45) is 1.84. The van der Waals surface area contributed by atoms with E-state index in [1.165, 1.54) is 11.6 Å². The molecule has 0 aliphatic carbocycles. The van der Waals surface area contributed by atoms with E-state index >= 15 is 0 Å². The first-order chi connectivity index (χ1) is 12.7. The van der Waals surface area contributed by atoms with Crippen LogP contribution in [0.3, 0.4) is 0 Å². The molecule has 8 heteroatoms. The summed E-state index contributed by atoms with van der Waals surface area (Å²) in [6.45, 7) is 6.98. The Morgan fingerprint density at radius 2 is 1.96 bits per heavy atom. The largest absolute Gasteiger partial charge is 0.466 e. The van der Waals surface area contributed by atoms with E-state index in [4.69, 9.17) is 16.0 Å². The van der Waals surface area contributed by atoms with Gasteiger partial charge in [-0.1, -0.05) is 11.6 Å². The van der Waals surface area contributed by atoms with Crippen molar-refractivity contribution in [2.75, 3.05) is 19.6 Å². The molecule has 0 amide bonds. The van der Waals surface area contributed by atoms with Crippen LogP contribution in [-0.2, 0) is 16.6 Å². The average molecular weight is 415 g/mol. The van der Waals surface area contributed by atoms with Crippen LogP contribution in [0.1, 0.15) is 29.9 Å². The third kappa shape index (κ3) is 5.10. The maximum absolute atomic E-state index is 13.2. The van der Waals surface area contributed by atoms with E-state index in [0.717, 1.165) is 56.1 Å². The Bertz CT molecular complexity index is 906. The van der Waals surface area contributed by atoms with Crippen molar-refractivity contribution in [3.8, 4) is 0 Å². The molecule has 27 heavy (non-hydrogen) atoms. The van der Waals surface area contributed by atoms with Gasteiger partial charge in [-0.05, 0) is 70.0 Å². The zero-order chi connectivity index (χ0) is 19.6. The van der Waals surface area contributed by atoms with Crippen LogP contribution in [0.2, 0.25) is 5.02 Å². The number of rotatable bonds is 6. The van der Waals surface area contributed by atoms with Crippen molar-refractivity contribution in [3.63, 3.8) is 0 Å². The second-order valence-electron chi connectivity index (χ2n) is 7.09. The Hall–Kier alpha value is -1.41. The smallest absolute Gasteiger partial charge is 0.240 e. The molecule has 1 aromatic carbocycles. The number of nitrogens with zero attached hydrogens (tertiary/aromatic N) is 1. The van der Waals surface area contributed by atoms with Gasteiger partial charge in [-0.25, -0.2) is 17.5 Å². The van der Waals surface area contributed by atoms with Gasteiger partial charge in [0.1, 0.15) is 17.3 Å². The van der Waals surface area contributed by atoms with Crippen LogP contribution in [-0.4, -0.2) is 33.0 Å². The molecule has 2 aromatic rings. The minimum Gasteiger partial charge on any atom is -0.466 e. The van der Waals surface area contributed by atoms with E-state index < -0.39 is 15.8 Å². The second-order valence-corrected chi connectivity index (χ2v) is 9.26. The molecular weight excluding hydrogens is 391 g/mol. The van der Waals surface area contributed by atoms with Crippen LogP contribution in [0, 0.1) is 25.6 Å². The predicted molar refractivity (Wildman–Crippen MR) is 103 cm³/mol. The molecule has 1 fully saturated rings. The molecule has 1 N–H and O–H groups in total. The number of halogens is 2. The first-order valence-corrected chi connectivity index (χ1v) is 10.8. The fourth-order valence-corrected chi connectivity index (χ4v) is 4.77. The Labute approximate surface area is 164 Å². The van der Waals surface area contributed by atoms with Crippen molar-refractivity contribution < 1.29 is 17.2 Å². The van der Waals surface area contributed by atoms with Gasteiger partial charge >= 0.3 is 0 Å². The van der Waals surface area contributed by atoms with Crippen LogP contribution < -0.4 is 4.72 Å². The molecule has 2 heterocycles. The number of hydrogen-bond donors (Lipinski definition) is 1. The Morgan fingerprint density at radius 1 is 1.26 bits per heavy atom. The van der Waals surface area contributed by atoms with Crippen LogP contribution in [0.4, 0.5) is 4.39 Å². The number of hydrogen-bond acceptors (Lipinski definition) is 4. The molecule has 0 radical (unpaired) electrons. The maximum atomic E-state index is 13.2. The Morgan fingerprint density at radius 3 is 2.56 bits per heavy atom. The Kier molecular flexibility index (Phi) is 6.25. The standard InChI is InChI=1S/C19H24ClFN2O3S/c1-13-9-16(14(2)26-13)12-23-7-5-15(6-8-23)11-22-27(24,25)17-3-4-19(21)18(20)10-17/h3-4,9-10,15,22H,5-8,11-12H2,1-2H3. The highest BCUT2D eigenvalue weighted by Gasteiger charge is 2.23. The molecule has 1 aliphatic heterocycles. The summed E-state index contributed by atoms with van der Waals surface area (Å²) in [5.74, 6) is 1.53. The lowest BCUT2D eigenvalue weighted by atomic mass is 9.97. The fraction of sp³-hybridized carbons (Fsp3) is 0.474.